The van der Waals surface area contributed by atoms with E-state index in [0.717, 1.165) is 23.1 Å². The Balaban J connectivity index is 1.77. The molecule has 2 amide bonds. The molecule has 1 aliphatic rings. The third kappa shape index (κ3) is 5.95. The van der Waals surface area contributed by atoms with E-state index in [1.54, 1.807) is 67.6 Å². The normalized spacial score (nSPS) is 20.0. The number of hydrogen-bond donors (Lipinski definition) is 2. The monoisotopic (exact) mass is 647 g/mol. The van der Waals surface area contributed by atoms with Crippen molar-refractivity contribution >= 4 is 35.2 Å². The number of ether oxygens (including phenoxy) is 2. The lowest BCUT2D eigenvalue weighted by Crippen LogP contribution is -2.60. The average Bonchev–Trinajstić information content (AvgIpc) is 3.64. The maximum atomic E-state index is 14.2. The van der Waals surface area contributed by atoms with Gasteiger partial charge < -0.3 is 19.6 Å². The molecule has 44 heavy (non-hydrogen) atoms. The van der Waals surface area contributed by atoms with Crippen LogP contribution in [0.5, 0.6) is 5.75 Å². The first-order valence-electron chi connectivity index (χ1n) is 13.4. The van der Waals surface area contributed by atoms with E-state index in [0.29, 0.717) is 26.9 Å². The zero-order chi connectivity index (χ0) is 31.6. The summed E-state index contributed by atoms with van der Waals surface area (Å²) < 4.78 is 57.9. The number of furan rings is 1. The van der Waals surface area contributed by atoms with E-state index in [2.05, 4.69) is 5.32 Å². The molecule has 0 spiro atoms. The van der Waals surface area contributed by atoms with Crippen molar-refractivity contribution in [3.05, 3.63) is 123 Å². The van der Waals surface area contributed by atoms with Crippen LogP contribution in [0.2, 0.25) is 10.0 Å². The summed E-state index contributed by atoms with van der Waals surface area (Å²) in [7, 11) is 0. The second kappa shape index (κ2) is 12.4. The SMILES string of the molecule is CCOc1cc(C(F)(F)F)ccc1C1(C(N)=O)NC(c2ccc(Cl)cc2)C(c2ccc(Cl)cc2)N1C(=O)OCc1ccco1. The second-order valence-electron chi connectivity index (χ2n) is 9.89. The minimum atomic E-state index is -4.72. The topological polar surface area (TPSA) is 107 Å². The van der Waals surface area contributed by atoms with Gasteiger partial charge in [0.25, 0.3) is 5.91 Å². The molecule has 3 N–H and O–H groups in total. The number of nitrogens with zero attached hydrogens (tertiary/aromatic N) is 1. The molecule has 5 rings (SSSR count). The minimum absolute atomic E-state index is 0.0483. The lowest BCUT2D eigenvalue weighted by molar-refractivity contribution is -0.137. The summed E-state index contributed by atoms with van der Waals surface area (Å²) in [6.07, 6.45) is -4.32. The van der Waals surface area contributed by atoms with Crippen LogP contribution < -0.4 is 15.8 Å². The molecule has 8 nitrogen and oxygen atoms in total. The summed E-state index contributed by atoms with van der Waals surface area (Å²) in [5, 5.41) is 4.04. The zero-order valence-corrected chi connectivity index (χ0v) is 24.6. The lowest BCUT2D eigenvalue weighted by atomic mass is 9.93. The van der Waals surface area contributed by atoms with Gasteiger partial charge in [-0.3, -0.25) is 15.0 Å². The van der Waals surface area contributed by atoms with Gasteiger partial charge in [-0.2, -0.15) is 13.2 Å². The van der Waals surface area contributed by atoms with Crippen molar-refractivity contribution in [3.63, 3.8) is 0 Å². The van der Waals surface area contributed by atoms with Gasteiger partial charge in [0.05, 0.1) is 30.5 Å². The highest BCUT2D eigenvalue weighted by atomic mass is 35.5. The van der Waals surface area contributed by atoms with Gasteiger partial charge in [-0.1, -0.05) is 53.5 Å². The Morgan fingerprint density at radius 1 is 1.00 bits per heavy atom. The number of benzene rings is 3. The number of nitrogens with one attached hydrogen (secondary N) is 1. The molecule has 13 heteroatoms. The highest BCUT2D eigenvalue weighted by Crippen LogP contribution is 2.51. The van der Waals surface area contributed by atoms with Gasteiger partial charge in [0, 0.05) is 15.6 Å². The number of hydrogen-bond acceptors (Lipinski definition) is 6. The molecule has 0 aliphatic carbocycles. The molecule has 1 aromatic heterocycles. The van der Waals surface area contributed by atoms with Crippen LogP contribution in [0.1, 0.15) is 47.0 Å². The number of nitrogens with two attached hydrogens (primary N) is 1. The van der Waals surface area contributed by atoms with Crippen molar-refractivity contribution in [2.45, 2.75) is 37.5 Å². The molecule has 1 saturated heterocycles. The Morgan fingerprint density at radius 2 is 1.64 bits per heavy atom. The third-order valence-electron chi connectivity index (χ3n) is 7.23. The molecule has 4 aromatic rings. The van der Waals surface area contributed by atoms with Crippen LogP contribution in [0.25, 0.3) is 0 Å². The number of carbonyl (C=O) groups is 2. The predicted octanol–water partition coefficient (Wildman–Crippen LogP) is 7.37. The highest BCUT2D eigenvalue weighted by molar-refractivity contribution is 6.30. The summed E-state index contributed by atoms with van der Waals surface area (Å²) in [5.74, 6) is -1.08. The summed E-state index contributed by atoms with van der Waals surface area (Å²) in [5.41, 5.74) is 3.82. The Kier molecular flexibility index (Phi) is 8.83. The van der Waals surface area contributed by atoms with Gasteiger partial charge in [0.15, 0.2) is 6.61 Å². The van der Waals surface area contributed by atoms with E-state index in [-0.39, 0.29) is 24.5 Å². The van der Waals surface area contributed by atoms with Crippen molar-refractivity contribution in [1.29, 1.82) is 0 Å². The van der Waals surface area contributed by atoms with Crippen LogP contribution in [0, 0.1) is 0 Å². The van der Waals surface area contributed by atoms with Crippen LogP contribution in [0.4, 0.5) is 18.0 Å². The third-order valence-corrected chi connectivity index (χ3v) is 7.73. The van der Waals surface area contributed by atoms with E-state index < -0.39 is 41.5 Å². The number of halogens is 5. The van der Waals surface area contributed by atoms with Crippen molar-refractivity contribution in [1.82, 2.24) is 10.2 Å². The van der Waals surface area contributed by atoms with Crippen LogP contribution in [0.15, 0.2) is 89.5 Å². The lowest BCUT2D eigenvalue weighted by Gasteiger charge is -2.38. The molecule has 3 atom stereocenters. The molecule has 1 aliphatic heterocycles. The standard InChI is InChI=1S/C31H26Cl2F3N3O5/c1-2-42-25-16-20(31(34,35)36)9-14-24(25)30(28(37)40)38-26(18-5-10-21(32)11-6-18)27(19-7-12-22(33)13-8-19)39(30)29(41)44-17-23-4-3-15-43-23/h3-16,26-27,38H,2,17H2,1H3,(H2,37,40). The Labute approximate surface area is 260 Å². The van der Waals surface area contributed by atoms with Gasteiger partial charge in [-0.25, -0.2) is 4.79 Å². The Bertz CT molecular complexity index is 1630. The fraction of sp³-hybridized carbons (Fsp3) is 0.226. The van der Waals surface area contributed by atoms with E-state index >= 15 is 0 Å². The molecule has 1 fully saturated rings. The molecular weight excluding hydrogens is 622 g/mol. The van der Waals surface area contributed by atoms with Crippen LogP contribution in [-0.4, -0.2) is 23.5 Å². The first kappa shape index (κ1) is 31.2. The Morgan fingerprint density at radius 3 is 2.18 bits per heavy atom. The zero-order valence-electron chi connectivity index (χ0n) is 23.1. The van der Waals surface area contributed by atoms with Crippen LogP contribution in [-0.2, 0) is 28.0 Å². The molecule has 0 radical (unpaired) electrons. The van der Waals surface area contributed by atoms with Crippen molar-refractivity contribution in [2.24, 2.45) is 5.73 Å². The molecule has 3 unspecified atom stereocenters. The number of rotatable bonds is 8. The van der Waals surface area contributed by atoms with Crippen LogP contribution >= 0.6 is 23.2 Å². The quantitative estimate of drug-likeness (QED) is 0.207. The molecular formula is C31H26Cl2F3N3O5. The summed E-state index contributed by atoms with van der Waals surface area (Å²) in [6, 6.07) is 17.2. The molecule has 2 heterocycles. The predicted molar refractivity (Wildman–Crippen MR) is 156 cm³/mol. The van der Waals surface area contributed by atoms with Crippen molar-refractivity contribution in [3.8, 4) is 5.75 Å². The largest absolute Gasteiger partial charge is 0.493 e. The molecule has 3 aromatic carbocycles. The van der Waals surface area contributed by atoms with Crippen LogP contribution in [0.3, 0.4) is 0 Å². The van der Waals surface area contributed by atoms with E-state index in [9.17, 15) is 22.8 Å². The number of alkyl halides is 3. The van der Waals surface area contributed by atoms with Gasteiger partial charge in [-0.15, -0.1) is 0 Å². The second-order valence-corrected chi connectivity index (χ2v) is 10.8. The summed E-state index contributed by atoms with van der Waals surface area (Å²) in [6.45, 7) is 1.22. The molecule has 230 valence electrons. The van der Waals surface area contributed by atoms with Gasteiger partial charge >= 0.3 is 12.3 Å². The molecule has 0 bridgehead atoms. The first-order valence-corrected chi connectivity index (χ1v) is 14.1. The summed E-state index contributed by atoms with van der Waals surface area (Å²) in [4.78, 5) is 29.0. The Hall–Kier alpha value is -4.19. The van der Waals surface area contributed by atoms with Crippen molar-refractivity contribution in [2.75, 3.05) is 6.61 Å². The fourth-order valence-corrected chi connectivity index (χ4v) is 5.57. The minimum Gasteiger partial charge on any atom is -0.493 e. The van der Waals surface area contributed by atoms with Gasteiger partial charge in [0.2, 0.25) is 5.66 Å². The first-order chi connectivity index (χ1) is 21.0. The smallest absolute Gasteiger partial charge is 0.416 e. The fourth-order valence-electron chi connectivity index (χ4n) is 5.32. The number of carbonyl (C=O) groups excluding carboxylic acids is 2. The molecule has 0 saturated carbocycles. The average molecular weight is 648 g/mol. The maximum Gasteiger partial charge on any atom is 0.416 e. The van der Waals surface area contributed by atoms with E-state index in [4.69, 9.17) is 42.8 Å². The van der Waals surface area contributed by atoms with E-state index in [1.165, 1.54) is 6.26 Å². The van der Waals surface area contributed by atoms with Gasteiger partial charge in [0.1, 0.15) is 11.5 Å². The highest BCUT2D eigenvalue weighted by Gasteiger charge is 2.61. The number of primary amides is 1. The van der Waals surface area contributed by atoms with Crippen molar-refractivity contribution < 1.29 is 36.7 Å². The number of amides is 2. The van der Waals surface area contributed by atoms with E-state index in [1.807, 2.05) is 0 Å². The maximum absolute atomic E-state index is 14.2. The summed E-state index contributed by atoms with van der Waals surface area (Å²) >= 11 is 12.3. The van der Waals surface area contributed by atoms with Gasteiger partial charge in [-0.05, 0) is 66.6 Å².